The van der Waals surface area contributed by atoms with E-state index in [1.54, 1.807) is 0 Å². The van der Waals surface area contributed by atoms with Gasteiger partial charge < -0.3 is 10.5 Å². The van der Waals surface area contributed by atoms with Crippen LogP contribution in [0.25, 0.3) is 0 Å². The highest BCUT2D eigenvalue weighted by Gasteiger charge is 2.11. The molecule has 7 nitrogen and oxygen atoms in total. The van der Waals surface area contributed by atoms with Crippen molar-refractivity contribution in [1.82, 2.24) is 0 Å². The van der Waals surface area contributed by atoms with Gasteiger partial charge in [0.1, 0.15) is 5.69 Å². The molecule has 0 bridgehead atoms. The SMILES string of the molecule is COC(=O)Nc1ccc([N+](=O)[O-])c(N)c1. The van der Waals surface area contributed by atoms with Crippen LogP contribution in [-0.4, -0.2) is 18.1 Å². The molecule has 0 unspecified atom stereocenters. The van der Waals surface area contributed by atoms with Gasteiger partial charge in [-0.05, 0) is 12.1 Å². The third kappa shape index (κ3) is 2.56. The van der Waals surface area contributed by atoms with Crippen LogP contribution >= 0.6 is 0 Å². The maximum absolute atomic E-state index is 10.8. The number of hydrogen-bond acceptors (Lipinski definition) is 5. The van der Waals surface area contributed by atoms with Crippen molar-refractivity contribution in [3.05, 3.63) is 28.3 Å². The molecule has 0 aliphatic carbocycles. The lowest BCUT2D eigenvalue weighted by molar-refractivity contribution is -0.383. The Morgan fingerprint density at radius 3 is 2.73 bits per heavy atom. The van der Waals surface area contributed by atoms with Gasteiger partial charge in [-0.1, -0.05) is 0 Å². The molecule has 7 heteroatoms. The van der Waals surface area contributed by atoms with Gasteiger partial charge in [-0.2, -0.15) is 0 Å². The molecule has 0 saturated carbocycles. The molecule has 0 saturated heterocycles. The van der Waals surface area contributed by atoms with Crippen molar-refractivity contribution in [3.63, 3.8) is 0 Å². The molecule has 0 aliphatic heterocycles. The first-order valence-electron chi connectivity index (χ1n) is 3.93. The number of carbonyl (C=O) groups excluding carboxylic acids is 1. The number of methoxy groups -OCH3 is 1. The summed E-state index contributed by atoms with van der Waals surface area (Å²) in [6.07, 6.45) is -0.664. The molecule has 0 spiro atoms. The fraction of sp³-hybridized carbons (Fsp3) is 0.125. The Bertz CT molecular complexity index is 405. The van der Waals surface area contributed by atoms with E-state index in [1.165, 1.54) is 25.3 Å². The average molecular weight is 211 g/mol. The molecule has 1 rings (SSSR count). The molecule has 0 aromatic heterocycles. The monoisotopic (exact) mass is 211 g/mol. The lowest BCUT2D eigenvalue weighted by Gasteiger charge is -2.04. The van der Waals surface area contributed by atoms with Crippen LogP contribution in [0.15, 0.2) is 18.2 Å². The Morgan fingerprint density at radius 1 is 1.60 bits per heavy atom. The van der Waals surface area contributed by atoms with E-state index < -0.39 is 11.0 Å². The number of ether oxygens (including phenoxy) is 1. The van der Waals surface area contributed by atoms with E-state index in [1.807, 2.05) is 0 Å². The molecular weight excluding hydrogens is 202 g/mol. The second-order valence-corrected chi connectivity index (χ2v) is 2.65. The van der Waals surface area contributed by atoms with Crippen LogP contribution in [0.1, 0.15) is 0 Å². The Morgan fingerprint density at radius 2 is 2.27 bits per heavy atom. The average Bonchev–Trinajstić information content (AvgIpc) is 2.17. The molecule has 1 aromatic rings. The molecule has 0 heterocycles. The van der Waals surface area contributed by atoms with Gasteiger partial charge in [0.25, 0.3) is 5.69 Å². The van der Waals surface area contributed by atoms with Gasteiger partial charge in [0.2, 0.25) is 0 Å². The van der Waals surface area contributed by atoms with Gasteiger partial charge in [0.15, 0.2) is 0 Å². The largest absolute Gasteiger partial charge is 0.453 e. The number of anilines is 2. The summed E-state index contributed by atoms with van der Waals surface area (Å²) in [6.45, 7) is 0. The van der Waals surface area contributed by atoms with E-state index in [0.717, 1.165) is 0 Å². The molecule has 0 atom stereocenters. The van der Waals surface area contributed by atoms with E-state index in [-0.39, 0.29) is 11.4 Å². The Kier molecular flexibility index (Phi) is 3.06. The van der Waals surface area contributed by atoms with Gasteiger partial charge in [0, 0.05) is 11.8 Å². The summed E-state index contributed by atoms with van der Waals surface area (Å²) >= 11 is 0. The van der Waals surface area contributed by atoms with E-state index in [9.17, 15) is 14.9 Å². The van der Waals surface area contributed by atoms with Crippen molar-refractivity contribution in [3.8, 4) is 0 Å². The second kappa shape index (κ2) is 4.27. The van der Waals surface area contributed by atoms with Crippen LogP contribution in [-0.2, 0) is 4.74 Å². The van der Waals surface area contributed by atoms with Gasteiger partial charge in [0.05, 0.1) is 12.0 Å². The lowest BCUT2D eigenvalue weighted by Crippen LogP contribution is -2.11. The number of nitrogens with one attached hydrogen (secondary N) is 1. The van der Waals surface area contributed by atoms with Crippen LogP contribution in [0.3, 0.4) is 0 Å². The second-order valence-electron chi connectivity index (χ2n) is 2.65. The fourth-order valence-electron chi connectivity index (χ4n) is 0.967. The number of hydrogen-bond donors (Lipinski definition) is 2. The minimum absolute atomic E-state index is 0.0195. The number of nitrogens with zero attached hydrogens (tertiary/aromatic N) is 1. The summed E-state index contributed by atoms with van der Waals surface area (Å²) in [6, 6.07) is 3.86. The molecule has 0 fully saturated rings. The van der Waals surface area contributed by atoms with Crippen molar-refractivity contribution in [2.24, 2.45) is 0 Å². The van der Waals surface area contributed by atoms with Crippen molar-refractivity contribution < 1.29 is 14.5 Å². The first kappa shape index (κ1) is 10.8. The van der Waals surface area contributed by atoms with Crippen molar-refractivity contribution in [2.75, 3.05) is 18.2 Å². The predicted octanol–water partition coefficient (Wildman–Crippen LogP) is 1.36. The summed E-state index contributed by atoms with van der Waals surface area (Å²) in [5, 5.41) is 12.8. The third-order valence-corrected chi connectivity index (χ3v) is 1.66. The molecule has 15 heavy (non-hydrogen) atoms. The Hall–Kier alpha value is -2.31. The number of nitrogens with two attached hydrogens (primary N) is 1. The first-order valence-corrected chi connectivity index (χ1v) is 3.93. The van der Waals surface area contributed by atoms with E-state index in [0.29, 0.717) is 5.69 Å². The van der Waals surface area contributed by atoms with Gasteiger partial charge in [-0.3, -0.25) is 15.4 Å². The molecule has 3 N–H and O–H groups in total. The molecule has 0 radical (unpaired) electrons. The molecule has 0 aliphatic rings. The zero-order valence-electron chi connectivity index (χ0n) is 7.89. The normalized spacial score (nSPS) is 9.40. The summed E-state index contributed by atoms with van der Waals surface area (Å²) < 4.78 is 4.35. The number of nitro benzene ring substituents is 1. The number of amides is 1. The van der Waals surface area contributed by atoms with Crippen LogP contribution < -0.4 is 11.1 Å². The topological polar surface area (TPSA) is 107 Å². The first-order chi connectivity index (χ1) is 7.04. The molecular formula is C8H9N3O4. The quantitative estimate of drug-likeness (QED) is 0.436. The van der Waals surface area contributed by atoms with E-state index in [4.69, 9.17) is 5.73 Å². The highest BCUT2D eigenvalue weighted by atomic mass is 16.6. The summed E-state index contributed by atoms with van der Waals surface area (Å²) in [5.74, 6) is 0. The minimum atomic E-state index is -0.664. The molecule has 1 amide bonds. The van der Waals surface area contributed by atoms with Gasteiger partial charge in [-0.25, -0.2) is 4.79 Å². The number of nitro groups is 1. The van der Waals surface area contributed by atoms with Crippen LogP contribution in [0.5, 0.6) is 0 Å². The predicted molar refractivity (Wildman–Crippen MR) is 53.5 cm³/mol. The number of carbonyl (C=O) groups is 1. The number of rotatable bonds is 2. The number of nitrogen functional groups attached to an aromatic ring is 1. The third-order valence-electron chi connectivity index (χ3n) is 1.66. The minimum Gasteiger partial charge on any atom is -0.453 e. The van der Waals surface area contributed by atoms with Crippen molar-refractivity contribution in [1.29, 1.82) is 0 Å². The van der Waals surface area contributed by atoms with E-state index >= 15 is 0 Å². The van der Waals surface area contributed by atoms with Gasteiger partial charge >= 0.3 is 6.09 Å². The van der Waals surface area contributed by atoms with Crippen molar-refractivity contribution in [2.45, 2.75) is 0 Å². The Balaban J connectivity index is 2.91. The highest BCUT2D eigenvalue weighted by Crippen LogP contribution is 2.24. The number of benzene rings is 1. The summed E-state index contributed by atoms with van der Waals surface area (Å²) in [5.41, 5.74) is 5.52. The fourth-order valence-corrected chi connectivity index (χ4v) is 0.967. The van der Waals surface area contributed by atoms with Crippen LogP contribution in [0, 0.1) is 10.1 Å². The maximum atomic E-state index is 10.8. The molecule has 80 valence electrons. The van der Waals surface area contributed by atoms with Crippen LogP contribution in [0.2, 0.25) is 0 Å². The standard InChI is InChI=1S/C8H9N3O4/c1-15-8(12)10-5-2-3-7(11(13)14)6(9)4-5/h2-4H,9H2,1H3,(H,10,12). The van der Waals surface area contributed by atoms with Crippen LogP contribution in [0.4, 0.5) is 21.9 Å². The maximum Gasteiger partial charge on any atom is 0.411 e. The summed E-state index contributed by atoms with van der Waals surface area (Å²) in [4.78, 5) is 20.6. The summed E-state index contributed by atoms with van der Waals surface area (Å²) in [7, 11) is 1.21. The highest BCUT2D eigenvalue weighted by molar-refractivity contribution is 5.86. The molecule has 1 aromatic carbocycles. The smallest absolute Gasteiger partial charge is 0.411 e. The zero-order valence-corrected chi connectivity index (χ0v) is 7.89. The van der Waals surface area contributed by atoms with Gasteiger partial charge in [-0.15, -0.1) is 0 Å². The van der Waals surface area contributed by atoms with E-state index in [2.05, 4.69) is 10.1 Å². The zero-order chi connectivity index (χ0) is 11.4. The lowest BCUT2D eigenvalue weighted by atomic mass is 10.2. The van der Waals surface area contributed by atoms with Crippen molar-refractivity contribution >= 4 is 23.2 Å². The Labute approximate surface area is 85.0 Å².